The second-order valence-electron chi connectivity index (χ2n) is 5.56. The van der Waals surface area contributed by atoms with E-state index in [0.717, 1.165) is 18.6 Å². The Bertz CT molecular complexity index is 539. The van der Waals surface area contributed by atoms with Crippen LogP contribution in [-0.2, 0) is 4.79 Å². The van der Waals surface area contributed by atoms with Crippen LogP contribution in [-0.4, -0.2) is 17.2 Å². The van der Waals surface area contributed by atoms with Gasteiger partial charge in [-0.1, -0.05) is 23.8 Å². The highest BCUT2D eigenvalue weighted by molar-refractivity contribution is 6.06. The van der Waals surface area contributed by atoms with Gasteiger partial charge < -0.3 is 5.73 Å². The molecule has 3 atom stereocenters. The molecule has 2 aliphatic carbocycles. The van der Waals surface area contributed by atoms with E-state index < -0.39 is 0 Å². The Morgan fingerprint density at radius 3 is 3.06 bits per heavy atom. The molecule has 3 rings (SSSR count). The van der Waals surface area contributed by atoms with Crippen LogP contribution in [0.4, 0.5) is 0 Å². The zero-order valence-electron chi connectivity index (χ0n) is 10.8. The highest BCUT2D eigenvalue weighted by Crippen LogP contribution is 2.47. The van der Waals surface area contributed by atoms with Gasteiger partial charge in [0.1, 0.15) is 0 Å². The summed E-state index contributed by atoms with van der Waals surface area (Å²) in [7, 11) is 0. The molecular weight excluding hydrogens is 224 g/mol. The third-order valence-electron chi connectivity index (χ3n) is 4.33. The third-order valence-corrected chi connectivity index (χ3v) is 4.33. The smallest absolute Gasteiger partial charge is 0.269 e. The van der Waals surface area contributed by atoms with Crippen molar-refractivity contribution >= 4 is 11.6 Å². The van der Waals surface area contributed by atoms with Gasteiger partial charge in [-0.2, -0.15) is 0 Å². The molecule has 0 aromatic rings. The number of hydrogen-bond acceptors (Lipinski definition) is 2. The van der Waals surface area contributed by atoms with Gasteiger partial charge in [-0.05, 0) is 32.3 Å². The minimum absolute atomic E-state index is 0.0845. The van der Waals surface area contributed by atoms with Crippen molar-refractivity contribution in [3.8, 4) is 0 Å². The standard InChI is InChI=1S/C15H18N2O/c1-3-11-10-6-9(2)8-15(11,16)12-4-5-14(18)17-13(12)7-10/h3-6,10,12H,7-8,16H2,1-2H3/b11-3-/t10-,12?,15+/m0/s1. The highest BCUT2D eigenvalue weighted by atomic mass is 16.1. The van der Waals surface area contributed by atoms with Crippen molar-refractivity contribution in [3.05, 3.63) is 35.5 Å². The van der Waals surface area contributed by atoms with E-state index in [2.05, 4.69) is 31.0 Å². The van der Waals surface area contributed by atoms with Crippen molar-refractivity contribution in [1.82, 2.24) is 0 Å². The summed E-state index contributed by atoms with van der Waals surface area (Å²) in [6, 6.07) is 0. The first-order chi connectivity index (χ1) is 8.54. The summed E-state index contributed by atoms with van der Waals surface area (Å²) >= 11 is 0. The van der Waals surface area contributed by atoms with E-state index in [1.807, 2.05) is 6.08 Å². The Hall–Kier alpha value is -1.48. The largest absolute Gasteiger partial charge is 0.321 e. The van der Waals surface area contributed by atoms with Gasteiger partial charge in [-0.15, -0.1) is 0 Å². The Kier molecular flexibility index (Phi) is 2.42. The molecule has 3 nitrogen and oxygen atoms in total. The van der Waals surface area contributed by atoms with Crippen LogP contribution < -0.4 is 5.73 Å². The lowest BCUT2D eigenvalue weighted by molar-refractivity contribution is -0.113. The Labute approximate surface area is 107 Å². The van der Waals surface area contributed by atoms with Crippen LogP contribution in [0.5, 0.6) is 0 Å². The fourth-order valence-electron chi connectivity index (χ4n) is 3.75. The van der Waals surface area contributed by atoms with Crippen LogP contribution in [0, 0.1) is 11.8 Å². The van der Waals surface area contributed by atoms with Crippen molar-refractivity contribution in [3.63, 3.8) is 0 Å². The van der Waals surface area contributed by atoms with E-state index in [9.17, 15) is 4.79 Å². The first-order valence-corrected chi connectivity index (χ1v) is 6.47. The molecule has 2 bridgehead atoms. The lowest BCUT2D eigenvalue weighted by Crippen LogP contribution is -2.58. The van der Waals surface area contributed by atoms with Gasteiger partial charge in [0.25, 0.3) is 5.91 Å². The molecular formula is C15H18N2O. The van der Waals surface area contributed by atoms with Crippen LogP contribution in [0.25, 0.3) is 0 Å². The van der Waals surface area contributed by atoms with Crippen molar-refractivity contribution in [2.45, 2.75) is 32.2 Å². The summed E-state index contributed by atoms with van der Waals surface area (Å²) in [5, 5.41) is 0. The molecule has 0 saturated heterocycles. The van der Waals surface area contributed by atoms with E-state index in [4.69, 9.17) is 5.73 Å². The van der Waals surface area contributed by atoms with Crippen LogP contribution in [0.3, 0.4) is 0 Å². The fraction of sp³-hybridized carbons (Fsp3) is 0.467. The van der Waals surface area contributed by atoms with Gasteiger partial charge in [0.2, 0.25) is 0 Å². The summed E-state index contributed by atoms with van der Waals surface area (Å²) in [6.45, 7) is 4.19. The maximum atomic E-state index is 11.4. The molecule has 1 heterocycles. The molecule has 0 radical (unpaired) electrons. The molecule has 0 aromatic carbocycles. The second-order valence-corrected chi connectivity index (χ2v) is 5.56. The van der Waals surface area contributed by atoms with Crippen LogP contribution in [0.1, 0.15) is 26.7 Å². The normalized spacial score (nSPS) is 40.4. The van der Waals surface area contributed by atoms with Gasteiger partial charge in [0, 0.05) is 23.6 Å². The molecule has 18 heavy (non-hydrogen) atoms. The topological polar surface area (TPSA) is 55.5 Å². The van der Waals surface area contributed by atoms with Crippen LogP contribution >= 0.6 is 0 Å². The Morgan fingerprint density at radius 2 is 2.33 bits per heavy atom. The number of nitrogens with zero attached hydrogens (tertiary/aromatic N) is 1. The number of carbonyl (C=O) groups excluding carboxylic acids is 1. The number of nitrogens with two attached hydrogens (primary N) is 1. The summed E-state index contributed by atoms with van der Waals surface area (Å²) in [5.74, 6) is 0.261. The molecule has 0 spiro atoms. The zero-order valence-corrected chi connectivity index (χ0v) is 10.8. The maximum absolute atomic E-state index is 11.4. The number of aliphatic imine (C=N–C) groups is 1. The number of hydrogen-bond donors (Lipinski definition) is 1. The molecule has 1 unspecified atom stereocenters. The average molecular weight is 242 g/mol. The second kappa shape index (κ2) is 3.75. The van der Waals surface area contributed by atoms with Crippen molar-refractivity contribution in [1.29, 1.82) is 0 Å². The van der Waals surface area contributed by atoms with E-state index in [-0.39, 0.29) is 17.4 Å². The first-order valence-electron chi connectivity index (χ1n) is 6.47. The molecule has 1 aliphatic heterocycles. The molecule has 3 aliphatic rings. The molecule has 1 amide bonds. The third kappa shape index (κ3) is 1.47. The van der Waals surface area contributed by atoms with E-state index >= 15 is 0 Å². The van der Waals surface area contributed by atoms with Gasteiger partial charge in [0.15, 0.2) is 0 Å². The first kappa shape index (κ1) is 11.6. The molecule has 2 N–H and O–H groups in total. The van der Waals surface area contributed by atoms with Crippen molar-refractivity contribution < 1.29 is 4.79 Å². The highest BCUT2D eigenvalue weighted by Gasteiger charge is 2.49. The Morgan fingerprint density at radius 1 is 1.56 bits per heavy atom. The minimum Gasteiger partial charge on any atom is -0.321 e. The van der Waals surface area contributed by atoms with Crippen molar-refractivity contribution in [2.75, 3.05) is 0 Å². The number of rotatable bonds is 0. The number of amides is 1. The zero-order chi connectivity index (χ0) is 12.9. The lowest BCUT2D eigenvalue weighted by Gasteiger charge is -2.49. The number of dihydropyridines is 1. The van der Waals surface area contributed by atoms with Gasteiger partial charge in [-0.3, -0.25) is 4.79 Å². The summed E-state index contributed by atoms with van der Waals surface area (Å²) < 4.78 is 0. The van der Waals surface area contributed by atoms with E-state index in [1.54, 1.807) is 6.08 Å². The molecule has 0 aromatic heterocycles. The quantitative estimate of drug-likeness (QED) is 0.662. The number of carbonyl (C=O) groups is 1. The molecule has 94 valence electrons. The maximum Gasteiger partial charge on any atom is 0.269 e. The number of fused-ring (bicyclic) bond motifs is 4. The summed E-state index contributed by atoms with van der Waals surface area (Å²) in [6.07, 6.45) is 9.62. The van der Waals surface area contributed by atoms with E-state index in [0.29, 0.717) is 5.92 Å². The lowest BCUT2D eigenvalue weighted by atomic mass is 9.58. The predicted molar refractivity (Wildman–Crippen MR) is 72.2 cm³/mol. The molecule has 3 heteroatoms. The Balaban J connectivity index is 2.15. The molecule has 1 saturated carbocycles. The van der Waals surface area contributed by atoms with E-state index in [1.165, 1.54) is 11.1 Å². The van der Waals surface area contributed by atoms with Gasteiger partial charge in [-0.25, -0.2) is 4.99 Å². The van der Waals surface area contributed by atoms with Gasteiger partial charge in [0.05, 0.1) is 5.54 Å². The van der Waals surface area contributed by atoms with Crippen molar-refractivity contribution in [2.24, 2.45) is 22.6 Å². The summed E-state index contributed by atoms with van der Waals surface area (Å²) in [4.78, 5) is 15.6. The fourth-order valence-corrected chi connectivity index (χ4v) is 3.75. The molecule has 1 fully saturated rings. The van der Waals surface area contributed by atoms with Gasteiger partial charge >= 0.3 is 0 Å². The predicted octanol–water partition coefficient (Wildman–Crippen LogP) is 2.15. The average Bonchev–Trinajstić information content (AvgIpc) is 2.26. The van der Waals surface area contributed by atoms with Crippen LogP contribution in [0.2, 0.25) is 0 Å². The number of allylic oxidation sites excluding steroid dienone is 2. The monoisotopic (exact) mass is 242 g/mol. The van der Waals surface area contributed by atoms with Crippen LogP contribution in [0.15, 0.2) is 40.4 Å². The SMILES string of the molecule is C/C=C1/[C@H]2C=C(C)C[C@]1(N)C1C=CC(=O)N=C1C2. The minimum atomic E-state index is -0.382. The summed E-state index contributed by atoms with van der Waals surface area (Å²) in [5.41, 5.74) is 9.92.